The van der Waals surface area contributed by atoms with Crippen molar-refractivity contribution in [2.45, 2.75) is 177 Å². The Kier molecular flexibility index (Phi) is 22.8. The van der Waals surface area contributed by atoms with Crippen molar-refractivity contribution in [1.82, 2.24) is 20.2 Å². The number of rotatable bonds is 20. The second-order valence-electron chi connectivity index (χ2n) is 14.0. The number of halogens is 3. The molecule has 1 aliphatic heterocycles. The Hall–Kier alpha value is -2.85. The number of anilines is 1. The van der Waals surface area contributed by atoms with Crippen LogP contribution < -0.4 is 16.4 Å². The molecule has 3 rings (SSSR count). The number of hydrogen-bond acceptors (Lipinski definition) is 6. The van der Waals surface area contributed by atoms with Crippen LogP contribution in [0.1, 0.15) is 164 Å². The maximum absolute atomic E-state index is 13.8. The molecule has 2 unspecified atom stereocenters. The molecule has 1 aliphatic carbocycles. The average Bonchev–Trinajstić information content (AvgIpc) is 3.94. The number of amidine groups is 1. The number of piperidine rings is 1. The van der Waals surface area contributed by atoms with Crippen LogP contribution in [0.25, 0.3) is 0 Å². The van der Waals surface area contributed by atoms with Crippen molar-refractivity contribution >= 4 is 23.5 Å². The van der Waals surface area contributed by atoms with Crippen LogP contribution in [0.3, 0.4) is 0 Å². The van der Waals surface area contributed by atoms with Crippen molar-refractivity contribution in [3.63, 3.8) is 0 Å². The van der Waals surface area contributed by atoms with Crippen molar-refractivity contribution in [1.29, 1.82) is 0 Å². The Balaban J connectivity index is 0.00000114. The monoisotopic (exact) mass is 724 g/mol. The lowest BCUT2D eigenvalue weighted by Crippen LogP contribution is -2.48. The number of hydrogen-bond donors (Lipinski definition) is 3. The average molecular weight is 724 g/mol. The largest absolute Gasteiger partial charge is 0.421 e. The molecule has 1 saturated carbocycles. The van der Waals surface area contributed by atoms with Gasteiger partial charge < -0.3 is 21.3 Å². The number of carbonyl (C=O) groups is 1. The lowest BCUT2D eigenvalue weighted by Gasteiger charge is -2.39. The molecule has 0 radical (unpaired) electrons. The van der Waals surface area contributed by atoms with Gasteiger partial charge >= 0.3 is 6.18 Å². The lowest BCUT2D eigenvalue weighted by atomic mass is 9.89. The Morgan fingerprint density at radius 1 is 0.980 bits per heavy atom. The third-order valence-electron chi connectivity index (χ3n) is 9.68. The van der Waals surface area contributed by atoms with Crippen LogP contribution in [-0.2, 0) is 11.0 Å². The first-order valence-corrected chi connectivity index (χ1v) is 20.2. The molecule has 1 saturated heterocycles. The minimum atomic E-state index is -4.63. The van der Waals surface area contributed by atoms with Crippen LogP contribution in [0.15, 0.2) is 23.0 Å². The van der Waals surface area contributed by atoms with Crippen molar-refractivity contribution < 1.29 is 18.0 Å². The van der Waals surface area contributed by atoms with Gasteiger partial charge in [-0.05, 0) is 69.6 Å². The van der Waals surface area contributed by atoms with E-state index in [1.807, 2.05) is 31.9 Å². The molecule has 0 spiro atoms. The van der Waals surface area contributed by atoms with Crippen LogP contribution in [-0.4, -0.2) is 51.8 Å². The van der Waals surface area contributed by atoms with E-state index in [1.165, 1.54) is 25.7 Å². The highest BCUT2D eigenvalue weighted by Gasteiger charge is 2.36. The topological polar surface area (TPSA) is 109 Å². The van der Waals surface area contributed by atoms with E-state index in [-0.39, 0.29) is 47.9 Å². The molecule has 2 aliphatic rings. The third kappa shape index (κ3) is 16.6. The molecule has 2 atom stereocenters. The molecule has 1 aromatic rings. The molecule has 4 N–H and O–H groups in total. The van der Waals surface area contributed by atoms with E-state index in [4.69, 9.17) is 5.73 Å². The lowest BCUT2D eigenvalue weighted by molar-refractivity contribution is -0.142. The summed E-state index contributed by atoms with van der Waals surface area (Å²) in [6.07, 6.45) is 13.8. The Labute approximate surface area is 308 Å². The van der Waals surface area contributed by atoms with Gasteiger partial charge in [-0.15, -0.1) is 0 Å². The van der Waals surface area contributed by atoms with Crippen LogP contribution >= 0.6 is 0 Å². The molecule has 8 nitrogen and oxygen atoms in total. The first kappa shape index (κ1) is 46.2. The van der Waals surface area contributed by atoms with Crippen LogP contribution in [0.4, 0.5) is 24.9 Å². The van der Waals surface area contributed by atoms with Crippen molar-refractivity contribution in [3.05, 3.63) is 23.5 Å². The van der Waals surface area contributed by atoms with Gasteiger partial charge in [0.2, 0.25) is 5.91 Å². The van der Waals surface area contributed by atoms with Gasteiger partial charge in [-0.25, -0.2) is 4.98 Å². The van der Waals surface area contributed by atoms with E-state index < -0.39 is 11.7 Å². The summed E-state index contributed by atoms with van der Waals surface area (Å²) < 4.78 is 41.3. The Bertz CT molecular complexity index is 1160. The standard InChI is InChI=1S/C30H48F3N7O.C8H18.C2H6/c1-5-10-22(11-6-2)36-18-24(21-12-13-21)26(34)38-29-37-19-25(30(31,32)33)27(39-29)35-16-9-17-40-23(8-4)15-14-20(7-3)28(40)41;1-4-6-8(3)7-5-2;1-2/h18-23,36H,5-17H2,1-4H3,(H3,34,35,37,38,39);8H,4-7H2,1-3H3;1-2H3/b24-18-;;. The van der Waals surface area contributed by atoms with Crippen LogP contribution in [0.2, 0.25) is 0 Å². The minimum Gasteiger partial charge on any atom is -0.388 e. The van der Waals surface area contributed by atoms with Crippen LogP contribution in [0.5, 0.6) is 0 Å². The van der Waals surface area contributed by atoms with Gasteiger partial charge in [-0.2, -0.15) is 23.1 Å². The van der Waals surface area contributed by atoms with E-state index in [1.54, 1.807) is 0 Å². The number of nitrogens with zero attached hydrogens (tertiary/aromatic N) is 4. The second-order valence-corrected chi connectivity index (χ2v) is 14.0. The summed E-state index contributed by atoms with van der Waals surface area (Å²) in [6, 6.07) is 0.520. The summed E-state index contributed by atoms with van der Waals surface area (Å²) in [5, 5.41) is 6.31. The number of aliphatic imine (C=N–C) groups is 1. The Morgan fingerprint density at radius 3 is 2.10 bits per heavy atom. The zero-order chi connectivity index (χ0) is 38.4. The van der Waals surface area contributed by atoms with Gasteiger partial charge in [0.05, 0.1) is 0 Å². The van der Waals surface area contributed by atoms with E-state index in [0.29, 0.717) is 19.0 Å². The number of nitrogens with one attached hydrogen (secondary N) is 2. The zero-order valence-corrected chi connectivity index (χ0v) is 33.5. The normalized spacial score (nSPS) is 18.3. The number of nitrogens with two attached hydrogens (primary N) is 1. The molecule has 0 aromatic carbocycles. The van der Waals surface area contributed by atoms with Crippen molar-refractivity contribution in [2.75, 3.05) is 18.4 Å². The maximum atomic E-state index is 13.8. The Morgan fingerprint density at radius 2 is 1.59 bits per heavy atom. The second kappa shape index (κ2) is 25.2. The highest BCUT2D eigenvalue weighted by molar-refractivity contribution is 5.99. The molecular formula is C40H72F3N7O. The van der Waals surface area contributed by atoms with Gasteiger partial charge in [-0.3, -0.25) is 4.79 Å². The molecular weight excluding hydrogens is 651 g/mol. The SMILES string of the molecule is CC.CCCC(C)CCC.CCCC(CCC)N/C=C(\C(N)=N\c1ncc(C(F)(F)F)c(NCCCN2C(=O)C(CC)CCC2CC)n1)C1CC1. The molecule has 294 valence electrons. The summed E-state index contributed by atoms with van der Waals surface area (Å²) in [6.45, 7) is 19.9. The predicted molar refractivity (Wildman–Crippen MR) is 208 cm³/mol. The molecule has 1 aromatic heterocycles. The number of amides is 1. The third-order valence-corrected chi connectivity index (χ3v) is 9.68. The molecule has 0 bridgehead atoms. The molecule has 2 heterocycles. The zero-order valence-electron chi connectivity index (χ0n) is 33.5. The number of likely N-dealkylation sites (tertiary alicyclic amines) is 1. The smallest absolute Gasteiger partial charge is 0.388 e. The summed E-state index contributed by atoms with van der Waals surface area (Å²) in [5.41, 5.74) is 6.24. The van der Waals surface area contributed by atoms with E-state index in [2.05, 4.69) is 67.1 Å². The van der Waals surface area contributed by atoms with Gasteiger partial charge in [-0.1, -0.05) is 101 Å². The molecule has 2 fully saturated rings. The first-order chi connectivity index (χ1) is 24.4. The predicted octanol–water partition coefficient (Wildman–Crippen LogP) is 10.8. The van der Waals surface area contributed by atoms with E-state index in [0.717, 1.165) is 81.9 Å². The van der Waals surface area contributed by atoms with Gasteiger partial charge in [0.15, 0.2) is 0 Å². The minimum absolute atomic E-state index is 0.0317. The van der Waals surface area contributed by atoms with Crippen LogP contribution in [0, 0.1) is 17.8 Å². The van der Waals surface area contributed by atoms with Crippen molar-refractivity contribution in [3.8, 4) is 0 Å². The summed E-state index contributed by atoms with van der Waals surface area (Å²) in [4.78, 5) is 27.1. The van der Waals surface area contributed by atoms with Gasteiger partial charge in [0.25, 0.3) is 5.95 Å². The summed E-state index contributed by atoms with van der Waals surface area (Å²) in [7, 11) is 0. The van der Waals surface area contributed by atoms with E-state index >= 15 is 0 Å². The van der Waals surface area contributed by atoms with Gasteiger partial charge in [0.1, 0.15) is 17.2 Å². The fourth-order valence-electron chi connectivity index (χ4n) is 6.72. The van der Waals surface area contributed by atoms with Crippen molar-refractivity contribution in [2.24, 2.45) is 28.5 Å². The number of aromatic nitrogens is 2. The fraction of sp³-hybridized carbons (Fsp3) is 0.800. The molecule has 11 heteroatoms. The fourth-order valence-corrected chi connectivity index (χ4v) is 6.72. The first-order valence-electron chi connectivity index (χ1n) is 20.2. The summed E-state index contributed by atoms with van der Waals surface area (Å²) >= 11 is 0. The highest BCUT2D eigenvalue weighted by Crippen LogP contribution is 2.37. The maximum Gasteiger partial charge on any atom is 0.421 e. The number of carbonyl (C=O) groups excluding carboxylic acids is 1. The highest BCUT2D eigenvalue weighted by atomic mass is 19.4. The van der Waals surface area contributed by atoms with E-state index in [9.17, 15) is 18.0 Å². The quantitative estimate of drug-likeness (QED) is 0.0702. The molecule has 1 amide bonds. The van der Waals surface area contributed by atoms with Gasteiger partial charge in [0, 0.05) is 49.1 Å². The number of alkyl halides is 3. The summed E-state index contributed by atoms with van der Waals surface area (Å²) in [5.74, 6) is 1.20. The molecule has 51 heavy (non-hydrogen) atoms.